The van der Waals surface area contributed by atoms with E-state index in [-0.39, 0.29) is 18.2 Å². The van der Waals surface area contributed by atoms with Gasteiger partial charge in [-0.1, -0.05) is 54.1 Å². The van der Waals surface area contributed by atoms with Gasteiger partial charge in [-0.15, -0.1) is 0 Å². The van der Waals surface area contributed by atoms with Crippen LogP contribution in [-0.2, 0) is 11.3 Å². The number of carbonyl (C=O) groups is 2. The monoisotopic (exact) mass is 509 g/mol. The highest BCUT2D eigenvalue weighted by molar-refractivity contribution is 6.31. The van der Waals surface area contributed by atoms with Crippen molar-refractivity contribution < 1.29 is 9.59 Å². The molecule has 0 radical (unpaired) electrons. The topological polar surface area (TPSA) is 53.5 Å². The Labute approximate surface area is 222 Å². The van der Waals surface area contributed by atoms with Gasteiger partial charge in [0.05, 0.1) is 18.4 Å². The Morgan fingerprint density at radius 1 is 0.865 bits per heavy atom. The molecule has 186 valence electrons. The Morgan fingerprint density at radius 2 is 1.57 bits per heavy atom. The summed E-state index contributed by atoms with van der Waals surface area (Å²) in [7, 11) is 4.02. The number of allylic oxidation sites excluding steroid dienone is 1. The molecular formula is C31H28ClN3O2. The first-order chi connectivity index (χ1) is 17.8. The summed E-state index contributed by atoms with van der Waals surface area (Å²) in [5, 5.41) is 0.570. The second-order valence-electron chi connectivity index (χ2n) is 8.93. The third kappa shape index (κ3) is 6.51. The lowest BCUT2D eigenvalue weighted by Gasteiger charge is -2.24. The van der Waals surface area contributed by atoms with E-state index in [1.165, 1.54) is 13.0 Å². The van der Waals surface area contributed by atoms with Gasteiger partial charge in [-0.2, -0.15) is 0 Å². The molecule has 0 spiro atoms. The van der Waals surface area contributed by atoms with Crippen molar-refractivity contribution in [1.29, 1.82) is 0 Å². The molecule has 0 aliphatic heterocycles. The summed E-state index contributed by atoms with van der Waals surface area (Å²) >= 11 is 6.75. The molecule has 5 nitrogen and oxygen atoms in total. The van der Waals surface area contributed by atoms with E-state index in [4.69, 9.17) is 11.6 Å². The highest BCUT2D eigenvalue weighted by Crippen LogP contribution is 2.30. The van der Waals surface area contributed by atoms with E-state index >= 15 is 0 Å². The lowest BCUT2D eigenvalue weighted by Crippen LogP contribution is -2.30. The van der Waals surface area contributed by atoms with Crippen molar-refractivity contribution in [3.8, 4) is 11.1 Å². The molecule has 0 N–H and O–H groups in total. The quantitative estimate of drug-likeness (QED) is 0.242. The van der Waals surface area contributed by atoms with Gasteiger partial charge in [0, 0.05) is 36.6 Å². The van der Waals surface area contributed by atoms with E-state index in [0.717, 1.165) is 27.9 Å². The number of carbonyl (C=O) groups excluding carboxylic acids is 2. The summed E-state index contributed by atoms with van der Waals surface area (Å²) < 4.78 is 0. The van der Waals surface area contributed by atoms with Crippen LogP contribution in [0, 0.1) is 0 Å². The van der Waals surface area contributed by atoms with Gasteiger partial charge in [0.1, 0.15) is 0 Å². The van der Waals surface area contributed by atoms with E-state index in [9.17, 15) is 9.59 Å². The molecule has 0 aliphatic rings. The van der Waals surface area contributed by atoms with E-state index in [2.05, 4.69) is 34.1 Å². The summed E-state index contributed by atoms with van der Waals surface area (Å²) in [5.74, 6) is -0.236. The first kappa shape index (κ1) is 25.9. The van der Waals surface area contributed by atoms with Gasteiger partial charge < -0.3 is 9.80 Å². The number of pyridine rings is 1. The first-order valence-corrected chi connectivity index (χ1v) is 12.3. The molecule has 1 heterocycles. The molecule has 6 heteroatoms. The van der Waals surface area contributed by atoms with Crippen LogP contribution in [0.4, 0.5) is 11.4 Å². The van der Waals surface area contributed by atoms with Crippen LogP contribution in [0.15, 0.2) is 97.3 Å². The molecule has 0 saturated heterocycles. The van der Waals surface area contributed by atoms with Crippen LogP contribution in [0.3, 0.4) is 0 Å². The zero-order valence-electron chi connectivity index (χ0n) is 21.1. The van der Waals surface area contributed by atoms with Crippen molar-refractivity contribution >= 4 is 40.7 Å². The summed E-state index contributed by atoms with van der Waals surface area (Å²) in [6, 6.07) is 25.1. The SMILES string of the molecule is CC(=O)/C=C/c1cncc(N(Cc2ccc(-c3ccc(N(C)C)cc3)cc2Cl)C(=O)c2ccccc2)c1. The molecule has 1 aromatic heterocycles. The minimum Gasteiger partial charge on any atom is -0.378 e. The van der Waals surface area contributed by atoms with Crippen LogP contribution < -0.4 is 9.80 Å². The number of aromatic nitrogens is 1. The average Bonchev–Trinajstić information content (AvgIpc) is 2.91. The molecule has 1 amide bonds. The molecule has 0 atom stereocenters. The number of hydrogen-bond acceptors (Lipinski definition) is 4. The van der Waals surface area contributed by atoms with Crippen LogP contribution in [0.2, 0.25) is 5.02 Å². The largest absolute Gasteiger partial charge is 0.378 e. The third-order valence-corrected chi connectivity index (χ3v) is 6.28. The standard InChI is InChI=1S/C31H28ClN3O2/c1-22(36)9-10-23-17-29(20-33-19-23)35(31(37)25-7-5-4-6-8-25)21-27-12-11-26(18-30(27)32)24-13-15-28(16-14-24)34(2)3/h4-20H,21H2,1-3H3/b10-9+. The highest BCUT2D eigenvalue weighted by Gasteiger charge is 2.20. The number of halogens is 1. The van der Waals surface area contributed by atoms with Gasteiger partial charge in [0.25, 0.3) is 5.91 Å². The maximum atomic E-state index is 13.6. The Bertz CT molecular complexity index is 1430. The zero-order valence-corrected chi connectivity index (χ0v) is 21.8. The van der Waals surface area contributed by atoms with Crippen LogP contribution >= 0.6 is 11.6 Å². The van der Waals surface area contributed by atoms with Gasteiger partial charge in [0.2, 0.25) is 0 Å². The lowest BCUT2D eigenvalue weighted by molar-refractivity contribution is -0.112. The molecule has 4 aromatic rings. The maximum Gasteiger partial charge on any atom is 0.258 e. The van der Waals surface area contributed by atoms with Gasteiger partial charge in [0.15, 0.2) is 5.78 Å². The van der Waals surface area contributed by atoms with Crippen molar-refractivity contribution in [1.82, 2.24) is 4.98 Å². The van der Waals surface area contributed by atoms with Gasteiger partial charge in [-0.3, -0.25) is 14.6 Å². The molecule has 37 heavy (non-hydrogen) atoms. The fourth-order valence-corrected chi connectivity index (χ4v) is 4.13. The fraction of sp³-hybridized carbons (Fsp3) is 0.129. The molecular weight excluding hydrogens is 482 g/mol. The summed E-state index contributed by atoms with van der Waals surface area (Å²) in [5.41, 5.74) is 5.88. The third-order valence-electron chi connectivity index (χ3n) is 5.93. The molecule has 0 unspecified atom stereocenters. The van der Waals surface area contributed by atoms with E-state index < -0.39 is 0 Å². The average molecular weight is 510 g/mol. The highest BCUT2D eigenvalue weighted by atomic mass is 35.5. The molecule has 0 saturated carbocycles. The fourth-order valence-electron chi connectivity index (χ4n) is 3.89. The predicted octanol–water partition coefficient (Wildman–Crippen LogP) is 6.92. The second-order valence-corrected chi connectivity index (χ2v) is 9.33. The van der Waals surface area contributed by atoms with Gasteiger partial charge in [-0.05, 0) is 77.7 Å². The molecule has 0 aliphatic carbocycles. The number of amides is 1. The van der Waals surface area contributed by atoms with Crippen LogP contribution in [0.1, 0.15) is 28.4 Å². The first-order valence-electron chi connectivity index (χ1n) is 11.9. The van der Waals surface area contributed by atoms with Crippen molar-refractivity contribution in [3.63, 3.8) is 0 Å². The summed E-state index contributed by atoms with van der Waals surface area (Å²) in [4.78, 5) is 33.0. The Hall–Kier alpha value is -4.22. The van der Waals surface area contributed by atoms with Crippen molar-refractivity contribution in [2.24, 2.45) is 0 Å². The van der Waals surface area contributed by atoms with Crippen molar-refractivity contribution in [2.45, 2.75) is 13.5 Å². The van der Waals surface area contributed by atoms with E-state index in [0.29, 0.717) is 16.3 Å². The van der Waals surface area contributed by atoms with Gasteiger partial charge >= 0.3 is 0 Å². The lowest BCUT2D eigenvalue weighted by atomic mass is 10.0. The second kappa shape index (κ2) is 11.7. The minimum atomic E-state index is -0.172. The number of hydrogen-bond donors (Lipinski definition) is 0. The smallest absolute Gasteiger partial charge is 0.258 e. The molecule has 3 aromatic carbocycles. The van der Waals surface area contributed by atoms with Crippen LogP contribution in [-0.4, -0.2) is 30.8 Å². The summed E-state index contributed by atoms with van der Waals surface area (Å²) in [6.45, 7) is 1.75. The predicted molar refractivity (Wildman–Crippen MR) is 152 cm³/mol. The molecule has 0 bridgehead atoms. The minimum absolute atomic E-state index is 0.0640. The van der Waals surface area contributed by atoms with Crippen molar-refractivity contribution in [2.75, 3.05) is 23.9 Å². The number of ketones is 1. The van der Waals surface area contributed by atoms with E-state index in [1.807, 2.05) is 56.6 Å². The normalized spacial score (nSPS) is 10.9. The number of rotatable bonds is 8. The Morgan fingerprint density at radius 3 is 2.22 bits per heavy atom. The number of anilines is 2. The number of benzene rings is 3. The Kier molecular flexibility index (Phi) is 8.16. The van der Waals surface area contributed by atoms with Crippen molar-refractivity contribution in [3.05, 3.63) is 119 Å². The molecule has 4 rings (SSSR count). The van der Waals surface area contributed by atoms with Gasteiger partial charge in [-0.25, -0.2) is 0 Å². The Balaban J connectivity index is 1.67. The molecule has 0 fully saturated rings. The van der Waals surface area contributed by atoms with Crippen LogP contribution in [0.5, 0.6) is 0 Å². The summed E-state index contributed by atoms with van der Waals surface area (Å²) in [6.07, 6.45) is 6.45. The van der Waals surface area contributed by atoms with E-state index in [1.54, 1.807) is 35.5 Å². The van der Waals surface area contributed by atoms with Crippen LogP contribution in [0.25, 0.3) is 17.2 Å². The zero-order chi connectivity index (χ0) is 26.4. The maximum absolute atomic E-state index is 13.6. The number of nitrogens with zero attached hydrogens (tertiary/aromatic N) is 3.